The van der Waals surface area contributed by atoms with Gasteiger partial charge in [0, 0.05) is 7.05 Å². The first kappa shape index (κ1) is 10.8. The Hall–Kier alpha value is -1.16. The molecular formula is C11H17N. The molecule has 0 unspecified atom stereocenters. The van der Waals surface area contributed by atoms with E-state index in [4.69, 9.17) is 6.42 Å². The predicted molar refractivity (Wildman–Crippen MR) is 54.6 cm³/mol. The number of rotatable bonds is 3. The maximum atomic E-state index is 5.31. The fourth-order valence-electron chi connectivity index (χ4n) is 0.961. The smallest absolute Gasteiger partial charge is 0.0880 e. The summed E-state index contributed by atoms with van der Waals surface area (Å²) in [5, 5.41) is 2.97. The fraction of sp³-hybridized carbons (Fsp3) is 0.455. The predicted octanol–water partition coefficient (Wildman–Crippen LogP) is 2.33. The van der Waals surface area contributed by atoms with Gasteiger partial charge in [-0.05, 0) is 24.0 Å². The zero-order valence-electron chi connectivity index (χ0n) is 8.36. The maximum Gasteiger partial charge on any atom is 0.0880 e. The van der Waals surface area contributed by atoms with Crippen LogP contribution in [0.3, 0.4) is 0 Å². The van der Waals surface area contributed by atoms with Crippen LogP contribution in [0, 0.1) is 18.3 Å². The van der Waals surface area contributed by atoms with Crippen molar-refractivity contribution in [3.8, 4) is 12.3 Å². The highest BCUT2D eigenvalue weighted by Gasteiger charge is 2.05. The van der Waals surface area contributed by atoms with Crippen molar-refractivity contribution < 1.29 is 0 Å². The number of terminal acetylenes is 1. The molecule has 0 saturated carbocycles. The lowest BCUT2D eigenvalue weighted by molar-refractivity contribution is 0.775. The molecule has 0 fully saturated rings. The number of hydrogen-bond acceptors (Lipinski definition) is 1. The van der Waals surface area contributed by atoms with Crippen LogP contribution < -0.4 is 5.32 Å². The largest absolute Gasteiger partial charge is 0.381 e. The van der Waals surface area contributed by atoms with Gasteiger partial charge in [-0.1, -0.05) is 26.3 Å². The van der Waals surface area contributed by atoms with Crippen molar-refractivity contribution in [3.05, 3.63) is 23.4 Å². The Morgan fingerprint density at radius 3 is 2.25 bits per heavy atom. The number of nitrogens with one attached hydrogen (secondary N) is 1. The molecule has 0 bridgehead atoms. The highest BCUT2D eigenvalue weighted by molar-refractivity contribution is 5.39. The molecule has 0 aromatic carbocycles. The second-order valence-electron chi connectivity index (χ2n) is 3.07. The van der Waals surface area contributed by atoms with E-state index in [0.717, 1.165) is 16.8 Å². The van der Waals surface area contributed by atoms with Crippen LogP contribution in [0.5, 0.6) is 0 Å². The van der Waals surface area contributed by atoms with E-state index in [9.17, 15) is 0 Å². The monoisotopic (exact) mass is 163 g/mol. The average molecular weight is 163 g/mol. The van der Waals surface area contributed by atoms with E-state index in [1.807, 2.05) is 14.0 Å². The molecule has 0 aliphatic carbocycles. The average Bonchev–Trinajstić information content (AvgIpc) is 2.05. The molecule has 0 rings (SSSR count). The minimum atomic E-state index is 0.446. The summed E-state index contributed by atoms with van der Waals surface area (Å²) in [6.45, 7) is 10.2. The van der Waals surface area contributed by atoms with Crippen molar-refractivity contribution in [2.45, 2.75) is 20.8 Å². The summed E-state index contributed by atoms with van der Waals surface area (Å²) in [5.74, 6) is 3.04. The lowest BCUT2D eigenvalue weighted by Crippen LogP contribution is -2.08. The molecule has 0 aromatic heterocycles. The minimum absolute atomic E-state index is 0.446. The summed E-state index contributed by atoms with van der Waals surface area (Å²) in [6, 6.07) is 0. The summed E-state index contributed by atoms with van der Waals surface area (Å²) < 4.78 is 0. The molecule has 12 heavy (non-hydrogen) atoms. The first-order chi connectivity index (χ1) is 5.54. The van der Waals surface area contributed by atoms with Crippen LogP contribution in [0.25, 0.3) is 0 Å². The van der Waals surface area contributed by atoms with Gasteiger partial charge in [-0.25, -0.2) is 0 Å². The molecule has 1 heteroatoms. The summed E-state index contributed by atoms with van der Waals surface area (Å²) in [5.41, 5.74) is 3.00. The molecule has 0 aliphatic rings. The highest BCUT2D eigenvalue weighted by atomic mass is 14.8. The van der Waals surface area contributed by atoms with Crippen molar-refractivity contribution >= 4 is 0 Å². The second kappa shape index (κ2) is 4.66. The zero-order valence-corrected chi connectivity index (χ0v) is 8.36. The fourth-order valence-corrected chi connectivity index (χ4v) is 0.961. The summed E-state index contributed by atoms with van der Waals surface area (Å²) in [6.07, 6.45) is 5.31. The third kappa shape index (κ3) is 2.47. The lowest BCUT2D eigenvalue weighted by Gasteiger charge is -2.12. The van der Waals surface area contributed by atoms with Crippen LogP contribution in [-0.4, -0.2) is 7.05 Å². The molecule has 1 N–H and O–H groups in total. The first-order valence-corrected chi connectivity index (χ1v) is 4.09. The van der Waals surface area contributed by atoms with Gasteiger partial charge in [0.15, 0.2) is 0 Å². The van der Waals surface area contributed by atoms with Crippen molar-refractivity contribution in [3.63, 3.8) is 0 Å². The molecule has 0 radical (unpaired) electrons. The van der Waals surface area contributed by atoms with Crippen LogP contribution in [0.2, 0.25) is 0 Å². The van der Waals surface area contributed by atoms with E-state index in [-0.39, 0.29) is 0 Å². The second-order valence-corrected chi connectivity index (χ2v) is 3.07. The molecule has 0 amide bonds. The lowest BCUT2D eigenvalue weighted by atomic mass is 9.97. The quantitative estimate of drug-likeness (QED) is 0.497. The van der Waals surface area contributed by atoms with Gasteiger partial charge in [-0.2, -0.15) is 0 Å². The third-order valence-electron chi connectivity index (χ3n) is 1.95. The summed E-state index contributed by atoms with van der Waals surface area (Å²) in [4.78, 5) is 0. The van der Waals surface area contributed by atoms with Crippen LogP contribution in [0.1, 0.15) is 20.8 Å². The Balaban J connectivity index is 4.78. The number of allylic oxidation sites excluding steroid dienone is 3. The topological polar surface area (TPSA) is 12.0 Å². The summed E-state index contributed by atoms with van der Waals surface area (Å²) in [7, 11) is 1.83. The van der Waals surface area contributed by atoms with Gasteiger partial charge in [0.05, 0.1) is 5.70 Å². The molecule has 0 saturated heterocycles. The molecule has 1 nitrogen and oxygen atoms in total. The molecule has 0 atom stereocenters. The van der Waals surface area contributed by atoms with E-state index in [2.05, 4.69) is 31.7 Å². The maximum absolute atomic E-state index is 5.31. The van der Waals surface area contributed by atoms with E-state index in [1.54, 1.807) is 0 Å². The van der Waals surface area contributed by atoms with E-state index >= 15 is 0 Å². The molecular weight excluding hydrogens is 146 g/mol. The van der Waals surface area contributed by atoms with Gasteiger partial charge in [0.1, 0.15) is 0 Å². The standard InChI is InChI=1S/C11H17N/c1-7-11(12-6)10(5)9(4)8(2)3/h1,8,12H,4H2,2-3,5-6H3/b11-10-. The van der Waals surface area contributed by atoms with Crippen molar-refractivity contribution in [2.75, 3.05) is 7.05 Å². The van der Waals surface area contributed by atoms with Gasteiger partial charge < -0.3 is 5.32 Å². The van der Waals surface area contributed by atoms with Gasteiger partial charge in [0.25, 0.3) is 0 Å². The Morgan fingerprint density at radius 2 is 2.00 bits per heavy atom. The zero-order chi connectivity index (χ0) is 9.72. The van der Waals surface area contributed by atoms with E-state index < -0.39 is 0 Å². The SMILES string of the molecule is C#C/C(NC)=C(\C)C(=C)C(C)C. The number of hydrogen-bond donors (Lipinski definition) is 1. The van der Waals surface area contributed by atoms with Crippen LogP contribution in [0.15, 0.2) is 23.4 Å². The van der Waals surface area contributed by atoms with Gasteiger partial charge >= 0.3 is 0 Å². The third-order valence-corrected chi connectivity index (χ3v) is 1.95. The van der Waals surface area contributed by atoms with Gasteiger partial charge in [-0.15, -0.1) is 6.42 Å². The molecule has 66 valence electrons. The Morgan fingerprint density at radius 1 is 1.50 bits per heavy atom. The highest BCUT2D eigenvalue weighted by Crippen LogP contribution is 2.18. The van der Waals surface area contributed by atoms with Crippen LogP contribution in [-0.2, 0) is 0 Å². The normalized spacial score (nSPS) is 12.0. The van der Waals surface area contributed by atoms with Crippen LogP contribution >= 0.6 is 0 Å². The van der Waals surface area contributed by atoms with Gasteiger partial charge in [0.2, 0.25) is 0 Å². The summed E-state index contributed by atoms with van der Waals surface area (Å²) >= 11 is 0. The first-order valence-electron chi connectivity index (χ1n) is 4.09. The molecule has 0 heterocycles. The Labute approximate surface area is 75.6 Å². The molecule has 0 aromatic rings. The van der Waals surface area contributed by atoms with Crippen LogP contribution in [0.4, 0.5) is 0 Å². The Kier molecular flexibility index (Phi) is 4.21. The minimum Gasteiger partial charge on any atom is -0.381 e. The van der Waals surface area contributed by atoms with E-state index in [1.165, 1.54) is 0 Å². The van der Waals surface area contributed by atoms with E-state index in [0.29, 0.717) is 5.92 Å². The molecule has 0 aliphatic heterocycles. The van der Waals surface area contributed by atoms with Gasteiger partial charge in [-0.3, -0.25) is 0 Å². The molecule has 0 spiro atoms. The Bertz CT molecular complexity index is 238. The van der Waals surface area contributed by atoms with Crippen molar-refractivity contribution in [1.82, 2.24) is 5.32 Å². The van der Waals surface area contributed by atoms with Crippen molar-refractivity contribution in [1.29, 1.82) is 0 Å². The van der Waals surface area contributed by atoms with Crippen molar-refractivity contribution in [2.24, 2.45) is 5.92 Å².